The molecule has 3 nitrogen and oxygen atoms in total. The molecule has 1 fully saturated rings. The Kier molecular flexibility index (Phi) is 2.15. The molecule has 1 saturated carbocycles. The van der Waals surface area contributed by atoms with Gasteiger partial charge in [-0.2, -0.15) is 0 Å². The van der Waals surface area contributed by atoms with Crippen molar-refractivity contribution in [2.24, 2.45) is 0 Å². The number of nitrogens with two attached hydrogens (primary N) is 1. The number of amides is 1. The molecule has 0 aliphatic heterocycles. The standard InChI is InChI=1S/C11H14N2O/c1-7(14)13-11-5-4-9(6-10(11)12)8-2-3-8/h4-6,8H,2-3,12H2,1H3,(H,13,14). The Balaban J connectivity index is 2.21. The van der Waals surface area contributed by atoms with E-state index < -0.39 is 0 Å². The Morgan fingerprint density at radius 1 is 1.50 bits per heavy atom. The minimum Gasteiger partial charge on any atom is -0.397 e. The summed E-state index contributed by atoms with van der Waals surface area (Å²) < 4.78 is 0. The zero-order valence-electron chi connectivity index (χ0n) is 8.21. The summed E-state index contributed by atoms with van der Waals surface area (Å²) in [4.78, 5) is 10.8. The monoisotopic (exact) mass is 190 g/mol. The topological polar surface area (TPSA) is 55.1 Å². The van der Waals surface area contributed by atoms with Crippen LogP contribution < -0.4 is 11.1 Å². The quantitative estimate of drug-likeness (QED) is 0.702. The van der Waals surface area contributed by atoms with Gasteiger partial charge in [0.1, 0.15) is 0 Å². The molecular formula is C11H14N2O. The number of carbonyl (C=O) groups is 1. The summed E-state index contributed by atoms with van der Waals surface area (Å²) in [5.74, 6) is 0.611. The molecule has 0 heterocycles. The highest BCUT2D eigenvalue weighted by molar-refractivity contribution is 5.92. The zero-order chi connectivity index (χ0) is 10.1. The highest BCUT2D eigenvalue weighted by atomic mass is 16.1. The van der Waals surface area contributed by atoms with E-state index >= 15 is 0 Å². The summed E-state index contributed by atoms with van der Waals surface area (Å²) in [6.07, 6.45) is 2.53. The normalized spacial score (nSPS) is 15.2. The van der Waals surface area contributed by atoms with Crippen LogP contribution in [0.3, 0.4) is 0 Å². The van der Waals surface area contributed by atoms with Gasteiger partial charge in [-0.1, -0.05) is 6.07 Å². The van der Waals surface area contributed by atoms with Gasteiger partial charge in [-0.15, -0.1) is 0 Å². The molecule has 0 atom stereocenters. The van der Waals surface area contributed by atoms with Gasteiger partial charge >= 0.3 is 0 Å². The van der Waals surface area contributed by atoms with E-state index in [9.17, 15) is 4.79 Å². The van der Waals surface area contributed by atoms with Crippen molar-refractivity contribution in [1.82, 2.24) is 0 Å². The van der Waals surface area contributed by atoms with E-state index in [1.165, 1.54) is 25.3 Å². The Labute approximate surface area is 83.3 Å². The van der Waals surface area contributed by atoms with E-state index in [1.807, 2.05) is 18.2 Å². The van der Waals surface area contributed by atoms with Gasteiger partial charge in [0.2, 0.25) is 5.91 Å². The SMILES string of the molecule is CC(=O)Nc1ccc(C2CC2)cc1N. The molecule has 0 saturated heterocycles. The fourth-order valence-electron chi connectivity index (χ4n) is 1.56. The lowest BCUT2D eigenvalue weighted by molar-refractivity contribution is -0.114. The minimum absolute atomic E-state index is 0.0872. The van der Waals surface area contributed by atoms with Crippen LogP contribution in [-0.4, -0.2) is 5.91 Å². The molecule has 2 rings (SSSR count). The van der Waals surface area contributed by atoms with Gasteiger partial charge in [0.15, 0.2) is 0 Å². The second-order valence-electron chi connectivity index (χ2n) is 3.80. The molecule has 1 aromatic rings. The molecular weight excluding hydrogens is 176 g/mol. The first kappa shape index (κ1) is 9.06. The van der Waals surface area contributed by atoms with Crippen molar-refractivity contribution in [3.8, 4) is 0 Å². The van der Waals surface area contributed by atoms with Crippen LogP contribution >= 0.6 is 0 Å². The first-order valence-electron chi connectivity index (χ1n) is 4.84. The number of carbonyl (C=O) groups excluding carboxylic acids is 1. The third kappa shape index (κ3) is 1.87. The molecule has 0 unspecified atom stereocenters. The Morgan fingerprint density at radius 2 is 2.21 bits per heavy atom. The fourth-order valence-corrected chi connectivity index (χ4v) is 1.56. The van der Waals surface area contributed by atoms with Crippen LogP contribution in [0.2, 0.25) is 0 Å². The molecule has 1 aromatic carbocycles. The summed E-state index contributed by atoms with van der Waals surface area (Å²) in [6, 6.07) is 5.88. The average molecular weight is 190 g/mol. The molecule has 14 heavy (non-hydrogen) atoms. The maximum absolute atomic E-state index is 10.8. The van der Waals surface area contributed by atoms with Gasteiger partial charge in [-0.3, -0.25) is 4.79 Å². The van der Waals surface area contributed by atoms with Crippen molar-refractivity contribution in [3.63, 3.8) is 0 Å². The zero-order valence-corrected chi connectivity index (χ0v) is 8.21. The van der Waals surface area contributed by atoms with E-state index in [0.717, 1.165) is 0 Å². The van der Waals surface area contributed by atoms with Gasteiger partial charge in [0.25, 0.3) is 0 Å². The highest BCUT2D eigenvalue weighted by Crippen LogP contribution is 2.41. The van der Waals surface area contributed by atoms with Crippen molar-refractivity contribution in [2.75, 3.05) is 11.1 Å². The molecule has 0 bridgehead atoms. The van der Waals surface area contributed by atoms with Crippen LogP contribution in [0, 0.1) is 0 Å². The van der Waals surface area contributed by atoms with Gasteiger partial charge in [0, 0.05) is 6.92 Å². The van der Waals surface area contributed by atoms with Gasteiger partial charge < -0.3 is 11.1 Å². The average Bonchev–Trinajstić information content (AvgIpc) is 2.90. The predicted molar refractivity (Wildman–Crippen MR) is 57.1 cm³/mol. The lowest BCUT2D eigenvalue weighted by Crippen LogP contribution is -2.08. The maximum atomic E-state index is 10.8. The Hall–Kier alpha value is -1.51. The van der Waals surface area contributed by atoms with E-state index in [-0.39, 0.29) is 5.91 Å². The molecule has 0 radical (unpaired) electrons. The number of nitrogens with one attached hydrogen (secondary N) is 1. The molecule has 3 N–H and O–H groups in total. The fraction of sp³-hybridized carbons (Fsp3) is 0.364. The third-order valence-electron chi connectivity index (χ3n) is 2.44. The van der Waals surface area contributed by atoms with Crippen molar-refractivity contribution < 1.29 is 4.79 Å². The molecule has 1 amide bonds. The second kappa shape index (κ2) is 3.33. The van der Waals surface area contributed by atoms with Crippen LogP contribution in [0.15, 0.2) is 18.2 Å². The smallest absolute Gasteiger partial charge is 0.221 e. The molecule has 1 aliphatic rings. The summed E-state index contributed by atoms with van der Waals surface area (Å²) in [7, 11) is 0. The number of benzene rings is 1. The largest absolute Gasteiger partial charge is 0.397 e. The lowest BCUT2D eigenvalue weighted by atomic mass is 10.1. The number of hydrogen-bond donors (Lipinski definition) is 2. The molecule has 74 valence electrons. The minimum atomic E-state index is -0.0872. The Bertz CT molecular complexity index is 370. The number of nitrogen functional groups attached to an aromatic ring is 1. The summed E-state index contributed by atoms with van der Waals surface area (Å²) >= 11 is 0. The summed E-state index contributed by atoms with van der Waals surface area (Å²) in [5.41, 5.74) is 8.48. The van der Waals surface area contributed by atoms with Crippen LogP contribution in [-0.2, 0) is 4.79 Å². The predicted octanol–water partition coefficient (Wildman–Crippen LogP) is 2.10. The Morgan fingerprint density at radius 3 is 2.71 bits per heavy atom. The van der Waals surface area contributed by atoms with Crippen molar-refractivity contribution in [3.05, 3.63) is 23.8 Å². The van der Waals surface area contributed by atoms with E-state index in [2.05, 4.69) is 5.32 Å². The molecule has 0 aromatic heterocycles. The van der Waals surface area contributed by atoms with E-state index in [1.54, 1.807) is 0 Å². The summed E-state index contributed by atoms with van der Waals surface area (Å²) in [6.45, 7) is 1.48. The van der Waals surface area contributed by atoms with E-state index in [0.29, 0.717) is 17.3 Å². The maximum Gasteiger partial charge on any atom is 0.221 e. The van der Waals surface area contributed by atoms with Crippen LogP contribution in [0.1, 0.15) is 31.2 Å². The van der Waals surface area contributed by atoms with Crippen LogP contribution in [0.4, 0.5) is 11.4 Å². The van der Waals surface area contributed by atoms with Gasteiger partial charge in [0.05, 0.1) is 11.4 Å². The number of rotatable bonds is 2. The van der Waals surface area contributed by atoms with Crippen LogP contribution in [0.25, 0.3) is 0 Å². The molecule has 3 heteroatoms. The van der Waals surface area contributed by atoms with Gasteiger partial charge in [-0.05, 0) is 36.5 Å². The van der Waals surface area contributed by atoms with Crippen molar-refractivity contribution in [2.45, 2.75) is 25.7 Å². The number of anilines is 2. The highest BCUT2D eigenvalue weighted by Gasteiger charge is 2.23. The van der Waals surface area contributed by atoms with Crippen LogP contribution in [0.5, 0.6) is 0 Å². The first-order valence-corrected chi connectivity index (χ1v) is 4.84. The molecule has 0 spiro atoms. The number of hydrogen-bond acceptors (Lipinski definition) is 2. The first-order chi connectivity index (χ1) is 6.66. The molecule has 1 aliphatic carbocycles. The second-order valence-corrected chi connectivity index (χ2v) is 3.80. The van der Waals surface area contributed by atoms with E-state index in [4.69, 9.17) is 5.73 Å². The van der Waals surface area contributed by atoms with Crippen molar-refractivity contribution in [1.29, 1.82) is 0 Å². The third-order valence-corrected chi connectivity index (χ3v) is 2.44. The van der Waals surface area contributed by atoms with Crippen molar-refractivity contribution >= 4 is 17.3 Å². The van der Waals surface area contributed by atoms with Gasteiger partial charge in [-0.25, -0.2) is 0 Å². The lowest BCUT2D eigenvalue weighted by Gasteiger charge is -2.07. The summed E-state index contributed by atoms with van der Waals surface area (Å²) in [5, 5.41) is 2.70.